The van der Waals surface area contributed by atoms with Crippen LogP contribution in [0.2, 0.25) is 0 Å². The first-order valence-corrected chi connectivity index (χ1v) is 25.3. The second kappa shape index (κ2) is 14.7. The number of aromatic amines is 2. The highest BCUT2D eigenvalue weighted by molar-refractivity contribution is 6.07. The van der Waals surface area contributed by atoms with Gasteiger partial charge in [0.05, 0.1) is 0 Å². The zero-order valence-corrected chi connectivity index (χ0v) is 42.1. The van der Waals surface area contributed by atoms with E-state index < -0.39 is 0 Å². The molecule has 14 rings (SSSR count). The maximum Gasteiger partial charge on any atom is 0.164 e. The summed E-state index contributed by atoms with van der Waals surface area (Å²) in [5.74, 6) is 3.21. The zero-order valence-electron chi connectivity index (χ0n) is 42.1. The van der Waals surface area contributed by atoms with E-state index in [1.54, 1.807) is 0 Å². The minimum Gasteiger partial charge on any atom is -0.324 e. The average Bonchev–Trinajstić information content (AvgIpc) is 4.13. The van der Waals surface area contributed by atoms with Gasteiger partial charge in [0.25, 0.3) is 0 Å². The summed E-state index contributed by atoms with van der Waals surface area (Å²) < 4.78 is 0. The van der Waals surface area contributed by atoms with Gasteiger partial charge in [0.1, 0.15) is 22.6 Å². The maximum absolute atomic E-state index is 5.42. The fraction of sp³-hybridized carbons (Fsp3) is 0.219. The van der Waals surface area contributed by atoms with Crippen LogP contribution in [-0.4, -0.2) is 39.9 Å². The molecule has 0 saturated heterocycles. The summed E-state index contributed by atoms with van der Waals surface area (Å²) in [6.07, 6.45) is 4.44. The van der Waals surface area contributed by atoms with Gasteiger partial charge in [-0.1, -0.05) is 172 Å². The highest BCUT2D eigenvalue weighted by Gasteiger charge is 2.45. The van der Waals surface area contributed by atoms with Crippen LogP contribution in [0.1, 0.15) is 124 Å². The van der Waals surface area contributed by atoms with Gasteiger partial charge in [0, 0.05) is 55.6 Å². The molecule has 4 aliphatic rings. The highest BCUT2D eigenvalue weighted by atomic mass is 15.1. The van der Waals surface area contributed by atoms with Crippen molar-refractivity contribution in [2.24, 2.45) is 0 Å². The van der Waals surface area contributed by atoms with Crippen molar-refractivity contribution in [2.75, 3.05) is 0 Å². The van der Waals surface area contributed by atoms with Crippen LogP contribution < -0.4 is 0 Å². The molecule has 350 valence electrons. The summed E-state index contributed by atoms with van der Waals surface area (Å²) in [6, 6.07) is 46.8. The Morgan fingerprint density at radius 2 is 0.792 bits per heavy atom. The second-order valence-corrected chi connectivity index (χ2v) is 23.4. The number of rotatable bonds is 2. The van der Waals surface area contributed by atoms with Crippen LogP contribution in [0.3, 0.4) is 0 Å². The van der Waals surface area contributed by atoms with Gasteiger partial charge in [0.15, 0.2) is 23.3 Å². The maximum atomic E-state index is 5.42. The summed E-state index contributed by atoms with van der Waals surface area (Å²) in [6.45, 7) is 20.1. The normalized spacial score (nSPS) is 15.8. The van der Waals surface area contributed by atoms with E-state index in [1.807, 2.05) is 0 Å². The molecule has 0 fully saturated rings. The lowest BCUT2D eigenvalue weighted by molar-refractivity contribution is 0.590. The van der Waals surface area contributed by atoms with Crippen LogP contribution in [0.5, 0.6) is 0 Å². The number of benzene rings is 7. The Bertz CT molecular complexity index is 4220. The molecule has 2 aliphatic heterocycles. The monoisotopic (exact) mass is 934 g/mol. The van der Waals surface area contributed by atoms with E-state index in [0.29, 0.717) is 57.7 Å². The smallest absolute Gasteiger partial charge is 0.164 e. The molecule has 0 spiro atoms. The predicted molar refractivity (Wildman–Crippen MR) is 295 cm³/mol. The van der Waals surface area contributed by atoms with Crippen molar-refractivity contribution >= 4 is 67.1 Å². The van der Waals surface area contributed by atoms with E-state index in [9.17, 15) is 0 Å². The van der Waals surface area contributed by atoms with Crippen molar-refractivity contribution in [1.82, 2.24) is 39.9 Å². The number of aromatic nitrogens is 8. The van der Waals surface area contributed by atoms with E-state index in [4.69, 9.17) is 29.9 Å². The topological polar surface area (TPSA) is 109 Å². The third kappa shape index (κ3) is 6.50. The van der Waals surface area contributed by atoms with Gasteiger partial charge < -0.3 is 9.97 Å². The molecule has 72 heavy (non-hydrogen) atoms. The van der Waals surface area contributed by atoms with Crippen molar-refractivity contribution in [3.8, 4) is 45.6 Å². The van der Waals surface area contributed by atoms with Crippen LogP contribution >= 0.6 is 0 Å². The number of nitrogens with zero attached hydrogens (tertiary/aromatic N) is 6. The van der Waals surface area contributed by atoms with Crippen molar-refractivity contribution in [2.45, 2.75) is 90.4 Å². The van der Waals surface area contributed by atoms with Gasteiger partial charge >= 0.3 is 0 Å². The Kier molecular flexibility index (Phi) is 8.75. The molecule has 0 saturated carbocycles. The highest BCUT2D eigenvalue weighted by Crippen LogP contribution is 2.61. The summed E-state index contributed by atoms with van der Waals surface area (Å²) in [7, 11) is 0. The number of fused-ring (bicyclic) bond motifs is 26. The SMILES string of the molecule is CC(C)(C)c1ccc2c(c1)-c1nc-2nc2[nH]c(nc3nc(nc4[nH]c(n1)c1ccc(/C=C/c5ccc6c(c5)C5c7cccc8cccc(c78)C65)cc41)-c1ccc(C(C)(C)C)cc1-3)c1ccc(C(C)(C)C)cc21. The van der Waals surface area contributed by atoms with Crippen molar-refractivity contribution in [3.05, 3.63) is 177 Å². The molecule has 7 aromatic carbocycles. The molecular weight excluding hydrogens is 881 g/mol. The third-order valence-electron chi connectivity index (χ3n) is 15.7. The molecule has 2 atom stereocenters. The molecule has 2 unspecified atom stereocenters. The minimum absolute atomic E-state index is 0.0834. The molecule has 10 aromatic rings. The number of hydrogen-bond donors (Lipinski definition) is 2. The van der Waals surface area contributed by atoms with Crippen LogP contribution in [0.15, 0.2) is 127 Å². The average molecular weight is 935 g/mol. The Morgan fingerprint density at radius 3 is 1.33 bits per heavy atom. The van der Waals surface area contributed by atoms with Crippen LogP contribution in [0.4, 0.5) is 0 Å². The molecule has 2 aliphatic carbocycles. The first-order chi connectivity index (χ1) is 34.5. The fourth-order valence-electron chi connectivity index (χ4n) is 11.6. The van der Waals surface area contributed by atoms with Gasteiger partial charge in [-0.15, -0.1) is 0 Å². The van der Waals surface area contributed by atoms with Gasteiger partial charge in [-0.3, -0.25) is 0 Å². The molecule has 8 nitrogen and oxygen atoms in total. The molecule has 5 heterocycles. The number of nitrogens with one attached hydrogen (secondary N) is 2. The van der Waals surface area contributed by atoms with E-state index in [2.05, 4.69) is 212 Å². The largest absolute Gasteiger partial charge is 0.324 e. The fourth-order valence-corrected chi connectivity index (χ4v) is 11.6. The molecular formula is C64H54N8. The summed E-state index contributed by atoms with van der Waals surface area (Å²) in [5.41, 5.74) is 17.8. The first-order valence-electron chi connectivity index (χ1n) is 25.3. The van der Waals surface area contributed by atoms with E-state index in [1.165, 1.54) is 55.3 Å². The molecule has 3 aromatic heterocycles. The summed E-state index contributed by atoms with van der Waals surface area (Å²) in [4.78, 5) is 39.5. The van der Waals surface area contributed by atoms with Crippen LogP contribution in [-0.2, 0) is 16.2 Å². The van der Waals surface area contributed by atoms with E-state index >= 15 is 0 Å². The molecule has 0 radical (unpaired) electrons. The Hall–Kier alpha value is -8.10. The van der Waals surface area contributed by atoms with Crippen LogP contribution in [0.25, 0.3) is 113 Å². The molecule has 0 amide bonds. The van der Waals surface area contributed by atoms with Crippen molar-refractivity contribution in [3.63, 3.8) is 0 Å². The lowest BCUT2D eigenvalue weighted by atomic mass is 9.66. The van der Waals surface area contributed by atoms with Crippen LogP contribution in [0, 0.1) is 0 Å². The van der Waals surface area contributed by atoms with Crippen molar-refractivity contribution < 1.29 is 0 Å². The molecule has 2 N–H and O–H groups in total. The van der Waals surface area contributed by atoms with Gasteiger partial charge in [-0.2, -0.15) is 0 Å². The Labute approximate surface area is 418 Å². The van der Waals surface area contributed by atoms with Gasteiger partial charge in [0.2, 0.25) is 0 Å². The standard InChI is InChI=1S/C64H54N8/c1-62(2,3)36-20-25-41-48(30-36)60-68-55(41)66-58-47-29-34(17-16-33-18-23-39-46(28-33)53-45-15-11-13-35-12-10-14-44(51(35)45)52(39)53)19-24-40(47)54(65-58)67-59-49-31-37(63(4,5)6)21-26-42(49)56(69-59)71-61-50-32-38(64(7,8)9)22-27-43(50)57(70-60)72-61/h10-32,52-53H,1-9H3,(H2,65,66,67,68,69,70,71,72)/b17-16+. The van der Waals surface area contributed by atoms with E-state index in [-0.39, 0.29) is 16.2 Å². The first kappa shape index (κ1) is 42.8. The molecule has 8 bridgehead atoms. The van der Waals surface area contributed by atoms with Gasteiger partial charge in [-0.05, 0) is 107 Å². The van der Waals surface area contributed by atoms with Gasteiger partial charge in [-0.25, -0.2) is 29.9 Å². The third-order valence-corrected chi connectivity index (χ3v) is 15.7. The second-order valence-electron chi connectivity index (χ2n) is 23.4. The van der Waals surface area contributed by atoms with Crippen molar-refractivity contribution in [1.29, 1.82) is 0 Å². The zero-order chi connectivity index (χ0) is 49.2. The van der Waals surface area contributed by atoms with E-state index in [0.717, 1.165) is 49.4 Å². The number of H-pyrrole nitrogens is 2. The lowest BCUT2D eigenvalue weighted by Gasteiger charge is -2.36. The minimum atomic E-state index is -0.0958. The Morgan fingerprint density at radius 1 is 0.361 bits per heavy atom. The summed E-state index contributed by atoms with van der Waals surface area (Å²) in [5, 5.41) is 6.57. The lowest BCUT2D eigenvalue weighted by Crippen LogP contribution is -2.22. The summed E-state index contributed by atoms with van der Waals surface area (Å²) >= 11 is 0. The number of hydrogen-bond acceptors (Lipinski definition) is 6. The Balaban J connectivity index is 0.986. The molecule has 8 heteroatoms. The quantitative estimate of drug-likeness (QED) is 0.167. The predicted octanol–water partition coefficient (Wildman–Crippen LogP) is 15.7.